The topological polar surface area (TPSA) is 75.3 Å². The third-order valence-corrected chi connectivity index (χ3v) is 3.57. The summed E-state index contributed by atoms with van der Waals surface area (Å²) in [5.74, 6) is 2.14. The first-order chi connectivity index (χ1) is 8.67. The number of hydrogen-bond acceptors (Lipinski definition) is 5. The highest BCUT2D eigenvalue weighted by molar-refractivity contribution is 5.48. The summed E-state index contributed by atoms with van der Waals surface area (Å²) in [6.45, 7) is 9.71. The maximum Gasteiger partial charge on any atom is 0.138 e. The van der Waals surface area contributed by atoms with Crippen molar-refractivity contribution in [2.45, 2.75) is 51.6 Å². The molecule has 1 aliphatic rings. The van der Waals surface area contributed by atoms with Gasteiger partial charge in [-0.1, -0.05) is 20.8 Å². The highest BCUT2D eigenvalue weighted by Gasteiger charge is 2.29. The summed E-state index contributed by atoms with van der Waals surface area (Å²) < 4.78 is 0. The molecule has 0 unspecified atom stereocenters. The lowest BCUT2D eigenvalue weighted by atomic mass is 9.93. The van der Waals surface area contributed by atoms with Crippen molar-refractivity contribution in [1.29, 1.82) is 0 Å². The van der Waals surface area contributed by atoms with Gasteiger partial charge in [0.25, 0.3) is 0 Å². The van der Waals surface area contributed by atoms with E-state index in [1.165, 1.54) is 0 Å². The zero-order valence-electron chi connectivity index (χ0n) is 12.3. The minimum absolute atomic E-state index is 0.120. The molecule has 5 heteroatoms. The predicted octanol–water partition coefficient (Wildman–Crippen LogP) is 1.71. The molecule has 0 bridgehead atoms. The molecular formula is C14H24N4O. The molecule has 0 aromatic carbocycles. The van der Waals surface area contributed by atoms with Gasteiger partial charge in [-0.05, 0) is 19.8 Å². The largest absolute Gasteiger partial charge is 0.390 e. The zero-order valence-corrected chi connectivity index (χ0v) is 12.3. The van der Waals surface area contributed by atoms with E-state index in [9.17, 15) is 5.11 Å². The lowest BCUT2D eigenvalue weighted by molar-refractivity contribution is 0.0350. The van der Waals surface area contributed by atoms with Crippen LogP contribution in [0.4, 0.5) is 11.6 Å². The van der Waals surface area contributed by atoms with Crippen LogP contribution in [0.15, 0.2) is 6.07 Å². The summed E-state index contributed by atoms with van der Waals surface area (Å²) in [6.07, 6.45) is 1.50. The van der Waals surface area contributed by atoms with E-state index in [-0.39, 0.29) is 5.41 Å². The fourth-order valence-corrected chi connectivity index (χ4v) is 2.17. The van der Waals surface area contributed by atoms with Crippen molar-refractivity contribution in [2.75, 3.05) is 23.7 Å². The molecule has 1 saturated heterocycles. The fraction of sp³-hybridized carbons (Fsp3) is 0.714. The van der Waals surface area contributed by atoms with Gasteiger partial charge in [0.2, 0.25) is 0 Å². The molecule has 0 radical (unpaired) electrons. The number of anilines is 2. The SMILES string of the molecule is CC1(O)CCN(c2cc(N)nc(C(C)(C)C)n2)CC1. The lowest BCUT2D eigenvalue weighted by Gasteiger charge is -2.36. The first-order valence-electron chi connectivity index (χ1n) is 6.80. The van der Waals surface area contributed by atoms with Crippen LogP contribution in [0.1, 0.15) is 46.4 Å². The van der Waals surface area contributed by atoms with E-state index in [0.29, 0.717) is 5.82 Å². The minimum atomic E-state index is -0.554. The van der Waals surface area contributed by atoms with Gasteiger partial charge in [0.05, 0.1) is 5.60 Å². The summed E-state index contributed by atoms with van der Waals surface area (Å²) in [6, 6.07) is 1.81. The summed E-state index contributed by atoms with van der Waals surface area (Å²) in [7, 11) is 0. The van der Waals surface area contributed by atoms with Crippen molar-refractivity contribution in [3.8, 4) is 0 Å². The fourth-order valence-electron chi connectivity index (χ4n) is 2.17. The van der Waals surface area contributed by atoms with Gasteiger partial charge in [-0.15, -0.1) is 0 Å². The van der Waals surface area contributed by atoms with Crippen LogP contribution < -0.4 is 10.6 Å². The Hall–Kier alpha value is -1.36. The second-order valence-corrected chi connectivity index (χ2v) is 6.71. The summed E-state index contributed by atoms with van der Waals surface area (Å²) >= 11 is 0. The van der Waals surface area contributed by atoms with Crippen LogP contribution in [0.5, 0.6) is 0 Å². The number of nitrogens with two attached hydrogens (primary N) is 1. The Morgan fingerprint density at radius 1 is 1.26 bits per heavy atom. The lowest BCUT2D eigenvalue weighted by Crippen LogP contribution is -2.43. The maximum absolute atomic E-state index is 9.99. The first kappa shape index (κ1) is 14.1. The average Bonchev–Trinajstić information content (AvgIpc) is 2.26. The molecule has 0 saturated carbocycles. The Bertz CT molecular complexity index is 455. The molecule has 0 atom stereocenters. The molecule has 2 rings (SSSR count). The van der Waals surface area contributed by atoms with Gasteiger partial charge in [-0.2, -0.15) is 0 Å². The summed E-state index contributed by atoms with van der Waals surface area (Å²) in [5.41, 5.74) is 5.22. The van der Waals surface area contributed by atoms with Crippen molar-refractivity contribution in [2.24, 2.45) is 0 Å². The number of hydrogen-bond donors (Lipinski definition) is 2. The van der Waals surface area contributed by atoms with Gasteiger partial charge in [-0.25, -0.2) is 9.97 Å². The number of rotatable bonds is 1. The molecular weight excluding hydrogens is 240 g/mol. The molecule has 106 valence electrons. The van der Waals surface area contributed by atoms with Gasteiger partial charge in [0.1, 0.15) is 17.5 Å². The van der Waals surface area contributed by atoms with Crippen molar-refractivity contribution >= 4 is 11.6 Å². The van der Waals surface area contributed by atoms with E-state index in [1.54, 1.807) is 0 Å². The highest BCUT2D eigenvalue weighted by atomic mass is 16.3. The zero-order chi connectivity index (χ0) is 14.3. The van der Waals surface area contributed by atoms with Gasteiger partial charge < -0.3 is 15.7 Å². The van der Waals surface area contributed by atoms with Crippen LogP contribution in [-0.4, -0.2) is 33.8 Å². The van der Waals surface area contributed by atoms with E-state index in [0.717, 1.165) is 37.6 Å². The first-order valence-corrected chi connectivity index (χ1v) is 6.80. The molecule has 5 nitrogen and oxygen atoms in total. The van der Waals surface area contributed by atoms with Crippen LogP contribution >= 0.6 is 0 Å². The standard InChI is InChI=1S/C14H24N4O/c1-13(2,3)12-16-10(15)9-11(17-12)18-7-5-14(4,19)6-8-18/h9,19H,5-8H2,1-4H3,(H2,15,16,17). The van der Waals surface area contributed by atoms with Crippen molar-refractivity contribution in [3.05, 3.63) is 11.9 Å². The van der Waals surface area contributed by atoms with Gasteiger partial charge in [0, 0.05) is 24.6 Å². The number of nitrogen functional groups attached to an aromatic ring is 1. The highest BCUT2D eigenvalue weighted by Crippen LogP contribution is 2.27. The Morgan fingerprint density at radius 3 is 2.37 bits per heavy atom. The Morgan fingerprint density at radius 2 is 1.84 bits per heavy atom. The number of aliphatic hydroxyl groups is 1. The number of piperidine rings is 1. The van der Waals surface area contributed by atoms with Crippen LogP contribution in [0.25, 0.3) is 0 Å². The number of nitrogens with zero attached hydrogens (tertiary/aromatic N) is 3. The van der Waals surface area contributed by atoms with Crippen LogP contribution in [0.3, 0.4) is 0 Å². The molecule has 1 aromatic heterocycles. The molecule has 19 heavy (non-hydrogen) atoms. The quantitative estimate of drug-likeness (QED) is 0.807. The molecule has 1 aliphatic heterocycles. The number of aromatic nitrogens is 2. The molecule has 0 aliphatic carbocycles. The molecule has 1 aromatic rings. The Labute approximate surface area is 114 Å². The summed E-state index contributed by atoms with van der Waals surface area (Å²) in [5, 5.41) is 9.99. The predicted molar refractivity (Wildman–Crippen MR) is 77.2 cm³/mol. The molecule has 0 amide bonds. The van der Waals surface area contributed by atoms with Crippen molar-refractivity contribution in [1.82, 2.24) is 9.97 Å². The van der Waals surface area contributed by atoms with E-state index < -0.39 is 5.60 Å². The van der Waals surface area contributed by atoms with Gasteiger partial charge in [-0.3, -0.25) is 0 Å². The Balaban J connectivity index is 2.24. The van der Waals surface area contributed by atoms with Gasteiger partial charge in [0.15, 0.2) is 0 Å². The van der Waals surface area contributed by atoms with Crippen molar-refractivity contribution < 1.29 is 5.11 Å². The van der Waals surface area contributed by atoms with Crippen LogP contribution in [0.2, 0.25) is 0 Å². The molecule has 0 spiro atoms. The van der Waals surface area contributed by atoms with Crippen molar-refractivity contribution in [3.63, 3.8) is 0 Å². The Kier molecular flexibility index (Phi) is 3.43. The second-order valence-electron chi connectivity index (χ2n) is 6.71. The van der Waals surface area contributed by atoms with E-state index in [4.69, 9.17) is 5.73 Å². The van der Waals surface area contributed by atoms with Gasteiger partial charge >= 0.3 is 0 Å². The molecule has 3 N–H and O–H groups in total. The van der Waals surface area contributed by atoms with E-state index in [1.807, 2.05) is 13.0 Å². The van der Waals surface area contributed by atoms with Crippen LogP contribution in [-0.2, 0) is 5.41 Å². The second kappa shape index (κ2) is 4.63. The van der Waals surface area contributed by atoms with Crippen LogP contribution in [0, 0.1) is 0 Å². The van der Waals surface area contributed by atoms with E-state index in [2.05, 4.69) is 35.6 Å². The maximum atomic E-state index is 9.99. The molecule has 1 fully saturated rings. The monoisotopic (exact) mass is 264 g/mol. The third-order valence-electron chi connectivity index (χ3n) is 3.57. The average molecular weight is 264 g/mol. The summed E-state index contributed by atoms with van der Waals surface area (Å²) in [4.78, 5) is 11.1. The minimum Gasteiger partial charge on any atom is -0.390 e. The molecule has 2 heterocycles. The smallest absolute Gasteiger partial charge is 0.138 e. The normalized spacial score (nSPS) is 19.5. The third kappa shape index (κ3) is 3.35. The van der Waals surface area contributed by atoms with E-state index >= 15 is 0 Å².